The third kappa shape index (κ3) is 4.90. The number of carbonyl (C=O) groups is 1. The molecular formula is C18H20O4. The first-order chi connectivity index (χ1) is 10.7. The Hall–Kier alpha value is -2.33. The number of hydrogen-bond donors (Lipinski definition) is 0. The number of carbonyl (C=O) groups excluding carboxylic acids is 1. The van der Waals surface area contributed by atoms with Gasteiger partial charge in [-0.1, -0.05) is 17.7 Å². The first-order valence-corrected chi connectivity index (χ1v) is 7.28. The molecule has 0 saturated carbocycles. The fourth-order valence-electron chi connectivity index (χ4n) is 1.82. The highest BCUT2D eigenvalue weighted by Crippen LogP contribution is 2.16. The van der Waals surface area contributed by atoms with E-state index in [-0.39, 0.29) is 5.97 Å². The monoisotopic (exact) mass is 300 g/mol. The Morgan fingerprint density at radius 2 is 1.55 bits per heavy atom. The summed E-state index contributed by atoms with van der Waals surface area (Å²) >= 11 is 0. The second kappa shape index (κ2) is 8.20. The molecule has 0 spiro atoms. The maximum Gasteiger partial charge on any atom is 0.343 e. The first-order valence-electron chi connectivity index (χ1n) is 7.28. The van der Waals surface area contributed by atoms with Crippen molar-refractivity contribution in [1.82, 2.24) is 0 Å². The summed E-state index contributed by atoms with van der Waals surface area (Å²) in [6.45, 7) is 5.63. The molecule has 2 aromatic carbocycles. The van der Waals surface area contributed by atoms with Crippen molar-refractivity contribution < 1.29 is 19.0 Å². The zero-order chi connectivity index (χ0) is 15.8. The van der Waals surface area contributed by atoms with Gasteiger partial charge in [-0.15, -0.1) is 0 Å². The lowest BCUT2D eigenvalue weighted by molar-refractivity contribution is 0.0734. The zero-order valence-corrected chi connectivity index (χ0v) is 12.9. The van der Waals surface area contributed by atoms with Gasteiger partial charge in [0, 0.05) is 6.61 Å². The summed E-state index contributed by atoms with van der Waals surface area (Å²) in [5.41, 5.74) is 1.60. The zero-order valence-electron chi connectivity index (χ0n) is 12.9. The number of rotatable bonds is 7. The number of hydrogen-bond acceptors (Lipinski definition) is 4. The van der Waals surface area contributed by atoms with Crippen molar-refractivity contribution >= 4 is 5.97 Å². The van der Waals surface area contributed by atoms with Gasteiger partial charge >= 0.3 is 5.97 Å². The van der Waals surface area contributed by atoms with Crippen LogP contribution in [0.25, 0.3) is 0 Å². The molecule has 2 aromatic rings. The Morgan fingerprint density at radius 3 is 2.18 bits per heavy atom. The van der Waals surface area contributed by atoms with Gasteiger partial charge in [-0.3, -0.25) is 0 Å². The van der Waals surface area contributed by atoms with Gasteiger partial charge in [-0.25, -0.2) is 4.79 Å². The topological polar surface area (TPSA) is 44.8 Å². The summed E-state index contributed by atoms with van der Waals surface area (Å²) < 4.78 is 16.0. The average Bonchev–Trinajstić information content (AvgIpc) is 2.54. The Balaban J connectivity index is 1.89. The molecule has 116 valence electrons. The molecule has 0 unspecified atom stereocenters. The molecule has 0 heterocycles. The van der Waals surface area contributed by atoms with E-state index in [9.17, 15) is 4.79 Å². The SMILES string of the molecule is CCOCCOc1ccc(C(=O)Oc2ccc(C)cc2)cc1. The summed E-state index contributed by atoms with van der Waals surface area (Å²) in [5.74, 6) is 0.851. The normalized spacial score (nSPS) is 10.3. The van der Waals surface area contributed by atoms with Crippen molar-refractivity contribution in [3.05, 3.63) is 59.7 Å². The molecule has 4 heteroatoms. The van der Waals surface area contributed by atoms with E-state index in [4.69, 9.17) is 14.2 Å². The molecule has 0 aliphatic heterocycles. The van der Waals surface area contributed by atoms with Gasteiger partial charge < -0.3 is 14.2 Å². The van der Waals surface area contributed by atoms with Crippen molar-refractivity contribution in [2.75, 3.05) is 19.8 Å². The van der Waals surface area contributed by atoms with Crippen molar-refractivity contribution in [1.29, 1.82) is 0 Å². The standard InChI is InChI=1S/C18H20O4/c1-3-20-12-13-21-16-10-6-15(7-11-16)18(19)22-17-8-4-14(2)5-9-17/h4-11H,3,12-13H2,1-2H3. The van der Waals surface area contributed by atoms with Crippen LogP contribution in [0.2, 0.25) is 0 Å². The van der Waals surface area contributed by atoms with E-state index in [1.54, 1.807) is 36.4 Å². The van der Waals surface area contributed by atoms with Crippen LogP contribution >= 0.6 is 0 Å². The van der Waals surface area contributed by atoms with Crippen molar-refractivity contribution in [2.24, 2.45) is 0 Å². The predicted octanol–water partition coefficient (Wildman–Crippen LogP) is 3.63. The van der Waals surface area contributed by atoms with Crippen molar-refractivity contribution in [3.63, 3.8) is 0 Å². The van der Waals surface area contributed by atoms with Crippen LogP contribution in [0.5, 0.6) is 11.5 Å². The van der Waals surface area contributed by atoms with E-state index in [1.807, 2.05) is 26.0 Å². The highest BCUT2D eigenvalue weighted by atomic mass is 16.5. The van der Waals surface area contributed by atoms with Gasteiger partial charge in [0.25, 0.3) is 0 Å². The lowest BCUT2D eigenvalue weighted by Crippen LogP contribution is -2.09. The number of benzene rings is 2. The van der Waals surface area contributed by atoms with Crippen LogP contribution in [0.15, 0.2) is 48.5 Å². The van der Waals surface area contributed by atoms with Crippen LogP contribution in [0.4, 0.5) is 0 Å². The maximum atomic E-state index is 12.0. The molecule has 0 atom stereocenters. The molecule has 0 fully saturated rings. The van der Waals surface area contributed by atoms with E-state index in [0.717, 1.165) is 5.56 Å². The van der Waals surface area contributed by atoms with Gasteiger partial charge in [0.15, 0.2) is 0 Å². The van der Waals surface area contributed by atoms with Gasteiger partial charge in [0.05, 0.1) is 12.2 Å². The molecule has 0 aliphatic rings. The van der Waals surface area contributed by atoms with Crippen LogP contribution < -0.4 is 9.47 Å². The molecule has 0 radical (unpaired) electrons. The summed E-state index contributed by atoms with van der Waals surface area (Å²) in [6, 6.07) is 14.2. The van der Waals surface area contributed by atoms with E-state index in [2.05, 4.69) is 0 Å². The van der Waals surface area contributed by atoms with E-state index < -0.39 is 0 Å². The Bertz CT molecular complexity index is 587. The van der Waals surface area contributed by atoms with Crippen LogP contribution in [0, 0.1) is 6.92 Å². The number of ether oxygens (including phenoxy) is 3. The van der Waals surface area contributed by atoms with Crippen LogP contribution in [0.3, 0.4) is 0 Å². The van der Waals surface area contributed by atoms with Gasteiger partial charge in [-0.05, 0) is 50.2 Å². The van der Waals surface area contributed by atoms with Crippen LogP contribution in [0.1, 0.15) is 22.8 Å². The number of esters is 1. The summed E-state index contributed by atoms with van der Waals surface area (Å²) in [6.07, 6.45) is 0. The smallest absolute Gasteiger partial charge is 0.343 e. The summed E-state index contributed by atoms with van der Waals surface area (Å²) in [5, 5.41) is 0. The number of aryl methyl sites for hydroxylation is 1. The molecule has 22 heavy (non-hydrogen) atoms. The molecule has 2 rings (SSSR count). The minimum absolute atomic E-state index is 0.385. The minimum Gasteiger partial charge on any atom is -0.491 e. The minimum atomic E-state index is -0.385. The fraction of sp³-hybridized carbons (Fsp3) is 0.278. The molecule has 0 saturated heterocycles. The van der Waals surface area contributed by atoms with Crippen molar-refractivity contribution in [2.45, 2.75) is 13.8 Å². The van der Waals surface area contributed by atoms with Crippen molar-refractivity contribution in [3.8, 4) is 11.5 Å². The first kappa shape index (κ1) is 16.0. The highest BCUT2D eigenvalue weighted by molar-refractivity contribution is 5.91. The van der Waals surface area contributed by atoms with Gasteiger partial charge in [-0.2, -0.15) is 0 Å². The molecule has 0 aliphatic carbocycles. The maximum absolute atomic E-state index is 12.0. The fourth-order valence-corrected chi connectivity index (χ4v) is 1.82. The quantitative estimate of drug-likeness (QED) is 0.445. The molecule has 0 bridgehead atoms. The van der Waals surface area contributed by atoms with E-state index in [1.165, 1.54) is 0 Å². The summed E-state index contributed by atoms with van der Waals surface area (Å²) in [4.78, 5) is 12.0. The average molecular weight is 300 g/mol. The Labute approximate surface area is 130 Å². The van der Waals surface area contributed by atoms with Crippen LogP contribution in [-0.2, 0) is 4.74 Å². The predicted molar refractivity (Wildman–Crippen MR) is 84.6 cm³/mol. The Morgan fingerprint density at radius 1 is 0.909 bits per heavy atom. The van der Waals surface area contributed by atoms with E-state index >= 15 is 0 Å². The Kier molecular flexibility index (Phi) is 5.98. The van der Waals surface area contributed by atoms with E-state index in [0.29, 0.717) is 36.9 Å². The van der Waals surface area contributed by atoms with Gasteiger partial charge in [0.1, 0.15) is 18.1 Å². The lowest BCUT2D eigenvalue weighted by Gasteiger charge is -2.07. The molecule has 0 N–H and O–H groups in total. The lowest BCUT2D eigenvalue weighted by atomic mass is 10.2. The van der Waals surface area contributed by atoms with Crippen LogP contribution in [-0.4, -0.2) is 25.8 Å². The summed E-state index contributed by atoms with van der Waals surface area (Å²) in [7, 11) is 0. The largest absolute Gasteiger partial charge is 0.491 e. The second-order valence-corrected chi connectivity index (χ2v) is 4.77. The molecule has 4 nitrogen and oxygen atoms in total. The molecule has 0 amide bonds. The molecular weight excluding hydrogens is 280 g/mol. The molecule has 0 aromatic heterocycles. The third-order valence-electron chi connectivity index (χ3n) is 3.02. The van der Waals surface area contributed by atoms with Gasteiger partial charge in [0.2, 0.25) is 0 Å². The second-order valence-electron chi connectivity index (χ2n) is 4.77. The highest BCUT2D eigenvalue weighted by Gasteiger charge is 2.08. The third-order valence-corrected chi connectivity index (χ3v) is 3.02.